The molecule has 0 aliphatic rings. The van der Waals surface area contributed by atoms with Gasteiger partial charge in [-0.3, -0.25) is 9.59 Å². The molecule has 1 amide bonds. The lowest BCUT2D eigenvalue weighted by Gasteiger charge is -2.22. The smallest absolute Gasteiger partial charge is 0.305 e. The van der Waals surface area contributed by atoms with E-state index in [1.165, 1.54) is 173 Å². The molecule has 3 N–H and O–H groups in total. The number of carbonyl (C=O) groups excluding carboxylic acids is 2. The number of allylic oxidation sites excluding steroid dienone is 2. The highest BCUT2D eigenvalue weighted by Crippen LogP contribution is 2.17. The average Bonchev–Trinajstić information content (AvgIpc) is 3.21. The molecule has 2 atom stereocenters. The Morgan fingerprint density at radius 2 is 0.842 bits per heavy atom. The molecule has 0 heterocycles. The molecule has 0 aliphatic carbocycles. The second-order valence-electron chi connectivity index (χ2n) is 17.5. The Balaban J connectivity index is 3.53. The molecule has 0 aromatic heterocycles. The highest BCUT2D eigenvalue weighted by Gasteiger charge is 2.20. The minimum Gasteiger partial charge on any atom is -0.466 e. The normalized spacial score (nSPS) is 12.7. The predicted molar refractivity (Wildman–Crippen MR) is 246 cm³/mol. The van der Waals surface area contributed by atoms with Crippen LogP contribution in [0.15, 0.2) is 12.2 Å². The minimum absolute atomic E-state index is 0.0354. The molecule has 0 fully saturated rings. The Morgan fingerprint density at radius 3 is 1.28 bits per heavy atom. The van der Waals surface area contributed by atoms with Crippen molar-refractivity contribution >= 4 is 11.9 Å². The summed E-state index contributed by atoms with van der Waals surface area (Å²) in [6.45, 7) is 4.87. The fourth-order valence-corrected chi connectivity index (χ4v) is 7.88. The maximum absolute atomic E-state index is 12.4. The second kappa shape index (κ2) is 47.3. The number of hydrogen-bond acceptors (Lipinski definition) is 5. The van der Waals surface area contributed by atoms with E-state index >= 15 is 0 Å². The third-order valence-electron chi connectivity index (χ3n) is 11.8. The first-order valence-corrected chi connectivity index (χ1v) is 25.4. The maximum atomic E-state index is 12.4. The van der Waals surface area contributed by atoms with Gasteiger partial charge in [-0.05, 0) is 44.9 Å². The first kappa shape index (κ1) is 55.6. The molecule has 2 unspecified atom stereocenters. The highest BCUT2D eigenvalue weighted by molar-refractivity contribution is 5.76. The van der Waals surface area contributed by atoms with Crippen LogP contribution in [0.3, 0.4) is 0 Å². The summed E-state index contributed by atoms with van der Waals surface area (Å²) >= 11 is 0. The van der Waals surface area contributed by atoms with Crippen molar-refractivity contribution in [1.29, 1.82) is 0 Å². The van der Waals surface area contributed by atoms with Crippen molar-refractivity contribution in [2.24, 2.45) is 0 Å². The number of ether oxygens (including phenoxy) is 1. The molecule has 0 spiro atoms. The molecule has 0 bridgehead atoms. The van der Waals surface area contributed by atoms with Crippen LogP contribution in [0.1, 0.15) is 277 Å². The van der Waals surface area contributed by atoms with E-state index in [0.717, 1.165) is 70.6 Å². The van der Waals surface area contributed by atoms with Crippen LogP contribution in [-0.4, -0.2) is 47.4 Å². The van der Waals surface area contributed by atoms with E-state index in [9.17, 15) is 19.8 Å². The monoisotopic (exact) mass is 806 g/mol. The van der Waals surface area contributed by atoms with E-state index in [2.05, 4.69) is 31.3 Å². The number of esters is 1. The summed E-state index contributed by atoms with van der Waals surface area (Å²) in [6.07, 6.45) is 53.3. The Morgan fingerprint density at radius 1 is 0.474 bits per heavy atom. The van der Waals surface area contributed by atoms with Crippen molar-refractivity contribution in [2.75, 3.05) is 13.2 Å². The summed E-state index contributed by atoms with van der Waals surface area (Å²) < 4.78 is 5.42. The van der Waals surface area contributed by atoms with Crippen LogP contribution in [0.2, 0.25) is 0 Å². The minimum atomic E-state index is -0.694. The Kier molecular flexibility index (Phi) is 46.1. The van der Waals surface area contributed by atoms with Gasteiger partial charge in [-0.25, -0.2) is 0 Å². The third-order valence-corrected chi connectivity index (χ3v) is 11.8. The van der Waals surface area contributed by atoms with Gasteiger partial charge in [0, 0.05) is 12.8 Å². The number of nitrogens with one attached hydrogen (secondary N) is 1. The number of amides is 1. The van der Waals surface area contributed by atoms with Crippen molar-refractivity contribution in [3.05, 3.63) is 12.2 Å². The summed E-state index contributed by atoms with van der Waals surface area (Å²) in [5.74, 6) is -0.128. The van der Waals surface area contributed by atoms with Crippen LogP contribution in [-0.2, 0) is 14.3 Å². The van der Waals surface area contributed by atoms with Crippen molar-refractivity contribution < 1.29 is 24.5 Å². The molecule has 0 saturated heterocycles. The van der Waals surface area contributed by atoms with Crippen LogP contribution >= 0.6 is 0 Å². The average molecular weight is 806 g/mol. The van der Waals surface area contributed by atoms with E-state index in [1.807, 2.05) is 0 Å². The first-order chi connectivity index (χ1) is 28.0. The van der Waals surface area contributed by atoms with E-state index in [-0.39, 0.29) is 18.5 Å². The molecule has 0 aliphatic heterocycles. The van der Waals surface area contributed by atoms with Gasteiger partial charge in [0.25, 0.3) is 0 Å². The first-order valence-electron chi connectivity index (χ1n) is 25.4. The number of aliphatic hydroxyl groups excluding tert-OH is 2. The fraction of sp³-hybridized carbons (Fsp3) is 0.922. The molecule has 0 aromatic rings. The molecule has 0 rings (SSSR count). The van der Waals surface area contributed by atoms with Crippen molar-refractivity contribution in [3.8, 4) is 0 Å². The number of aliphatic hydroxyl groups is 2. The van der Waals surface area contributed by atoms with Gasteiger partial charge in [0.05, 0.1) is 25.4 Å². The second-order valence-corrected chi connectivity index (χ2v) is 17.5. The largest absolute Gasteiger partial charge is 0.466 e. The summed E-state index contributed by atoms with van der Waals surface area (Å²) in [6, 6.07) is -0.578. The van der Waals surface area contributed by atoms with Gasteiger partial charge in [-0.1, -0.05) is 231 Å². The van der Waals surface area contributed by atoms with E-state index in [4.69, 9.17) is 4.74 Å². The molecule has 6 nitrogen and oxygen atoms in total. The predicted octanol–water partition coefficient (Wildman–Crippen LogP) is 15.0. The SMILES string of the molecule is CCCCCCCCCCCCCCCCCCCCCCC(O)C(CO)NC(=O)CCC/C=C\CCCCCCOC(=O)CCCCCCCCCCCCC. The zero-order chi connectivity index (χ0) is 41.5. The lowest BCUT2D eigenvalue weighted by molar-refractivity contribution is -0.143. The molecule has 0 saturated carbocycles. The topological polar surface area (TPSA) is 95.9 Å². The number of unbranched alkanes of at least 4 members (excludes halogenated alkanes) is 34. The zero-order valence-electron chi connectivity index (χ0n) is 38.3. The molecule has 0 aromatic carbocycles. The van der Waals surface area contributed by atoms with Gasteiger partial charge in [-0.15, -0.1) is 0 Å². The standard InChI is InChI=1S/C51H99NO5/c1-3-5-7-9-11-13-15-16-17-18-19-20-21-22-23-25-27-31-35-39-43-49(54)48(47-53)52-50(55)44-40-36-32-28-26-30-34-38-42-46-57-51(56)45-41-37-33-29-24-14-12-10-8-6-4-2/h28,32,48-49,53-54H,3-27,29-31,33-47H2,1-2H3,(H,52,55)/b32-28-. The maximum Gasteiger partial charge on any atom is 0.305 e. The molecule has 57 heavy (non-hydrogen) atoms. The molecule has 6 heteroatoms. The van der Waals surface area contributed by atoms with Crippen LogP contribution in [0.25, 0.3) is 0 Å². The van der Waals surface area contributed by atoms with Gasteiger partial charge in [0.2, 0.25) is 5.91 Å². The van der Waals surface area contributed by atoms with E-state index in [0.29, 0.717) is 25.9 Å². The van der Waals surface area contributed by atoms with Gasteiger partial charge in [0.15, 0.2) is 0 Å². The number of hydrogen-bond donors (Lipinski definition) is 3. The van der Waals surface area contributed by atoms with Crippen molar-refractivity contribution in [2.45, 2.75) is 289 Å². The lowest BCUT2D eigenvalue weighted by Crippen LogP contribution is -2.45. The Hall–Kier alpha value is -1.40. The quantitative estimate of drug-likeness (QED) is 0.0323. The fourth-order valence-electron chi connectivity index (χ4n) is 7.88. The van der Waals surface area contributed by atoms with E-state index < -0.39 is 12.1 Å². The Bertz CT molecular complexity index is 847. The summed E-state index contributed by atoms with van der Waals surface area (Å²) in [7, 11) is 0. The van der Waals surface area contributed by atoms with Gasteiger partial charge >= 0.3 is 5.97 Å². The van der Waals surface area contributed by atoms with Crippen molar-refractivity contribution in [1.82, 2.24) is 5.32 Å². The molecule has 338 valence electrons. The van der Waals surface area contributed by atoms with Gasteiger partial charge in [-0.2, -0.15) is 0 Å². The van der Waals surface area contributed by atoms with Crippen LogP contribution in [0, 0.1) is 0 Å². The van der Waals surface area contributed by atoms with Crippen LogP contribution in [0.4, 0.5) is 0 Å². The van der Waals surface area contributed by atoms with E-state index in [1.54, 1.807) is 0 Å². The van der Waals surface area contributed by atoms with Gasteiger partial charge in [0.1, 0.15) is 0 Å². The molecular formula is C51H99NO5. The highest BCUT2D eigenvalue weighted by atomic mass is 16.5. The lowest BCUT2D eigenvalue weighted by atomic mass is 10.0. The third kappa shape index (κ3) is 44.0. The summed E-state index contributed by atoms with van der Waals surface area (Å²) in [4.78, 5) is 24.4. The van der Waals surface area contributed by atoms with Crippen molar-refractivity contribution in [3.63, 3.8) is 0 Å². The van der Waals surface area contributed by atoms with Crippen LogP contribution in [0.5, 0.6) is 0 Å². The summed E-state index contributed by atoms with van der Waals surface area (Å²) in [5.41, 5.74) is 0. The summed E-state index contributed by atoms with van der Waals surface area (Å²) in [5, 5.41) is 23.2. The zero-order valence-corrected chi connectivity index (χ0v) is 38.3. The van der Waals surface area contributed by atoms with Gasteiger partial charge < -0.3 is 20.3 Å². The molecule has 0 radical (unpaired) electrons. The number of rotatable bonds is 47. The van der Waals surface area contributed by atoms with Crippen LogP contribution < -0.4 is 5.32 Å². The Labute approximate surface area is 355 Å². The molecular weight excluding hydrogens is 707 g/mol. The number of carbonyl (C=O) groups is 2.